The second-order valence-corrected chi connectivity index (χ2v) is 4.77. The number of nitrogens with one attached hydrogen (secondary N) is 1. The van der Waals surface area contributed by atoms with Crippen LogP contribution in [0, 0.1) is 0 Å². The number of nitrogens with zero attached hydrogens (tertiary/aromatic N) is 1. The summed E-state index contributed by atoms with van der Waals surface area (Å²) in [6.45, 7) is 0.478. The molecule has 0 fully saturated rings. The van der Waals surface area contributed by atoms with Crippen molar-refractivity contribution in [1.82, 2.24) is 0 Å². The fraction of sp³-hybridized carbons (Fsp3) is 0.188. The van der Waals surface area contributed by atoms with E-state index in [1.165, 1.54) is 0 Å². The van der Waals surface area contributed by atoms with Crippen LogP contribution in [0.3, 0.4) is 0 Å². The summed E-state index contributed by atoms with van der Waals surface area (Å²) >= 11 is 0. The van der Waals surface area contributed by atoms with Crippen LogP contribution in [-0.4, -0.2) is 20.0 Å². The van der Waals surface area contributed by atoms with Gasteiger partial charge >= 0.3 is 0 Å². The van der Waals surface area contributed by atoms with Crippen molar-refractivity contribution in [2.45, 2.75) is 6.54 Å². The van der Waals surface area contributed by atoms with Crippen molar-refractivity contribution in [2.75, 3.05) is 24.3 Å². The molecule has 2 rings (SSSR count). The number of benzene rings is 2. The average Bonchev–Trinajstić information content (AvgIpc) is 2.47. The van der Waals surface area contributed by atoms with Crippen LogP contribution in [0.2, 0.25) is 0 Å². The lowest BCUT2D eigenvalue weighted by molar-refractivity contribution is 0.102. The van der Waals surface area contributed by atoms with Crippen molar-refractivity contribution in [3.63, 3.8) is 0 Å². The lowest BCUT2D eigenvalue weighted by Crippen LogP contribution is -2.16. The highest BCUT2D eigenvalue weighted by Crippen LogP contribution is 2.24. The molecule has 2 aromatic carbocycles. The Morgan fingerprint density at radius 1 is 1.10 bits per heavy atom. The largest absolute Gasteiger partial charge is 0.376 e. The maximum Gasteiger partial charge on any atom is 0.255 e. The molecular weight excluding hydrogens is 250 g/mol. The smallest absolute Gasteiger partial charge is 0.255 e. The zero-order valence-corrected chi connectivity index (χ0v) is 11.8. The number of hydrogen-bond acceptors (Lipinski definition) is 3. The Morgan fingerprint density at radius 2 is 1.75 bits per heavy atom. The first-order valence-corrected chi connectivity index (χ1v) is 6.48. The first-order chi connectivity index (χ1) is 9.61. The minimum Gasteiger partial charge on any atom is -0.376 e. The van der Waals surface area contributed by atoms with Crippen LogP contribution in [0.5, 0.6) is 0 Å². The molecule has 3 N–H and O–H groups in total. The second-order valence-electron chi connectivity index (χ2n) is 4.77. The maximum absolute atomic E-state index is 12.2. The van der Waals surface area contributed by atoms with Crippen LogP contribution in [0.15, 0.2) is 48.5 Å². The summed E-state index contributed by atoms with van der Waals surface area (Å²) in [4.78, 5) is 14.2. The predicted molar refractivity (Wildman–Crippen MR) is 83.1 cm³/mol. The molecule has 4 heteroatoms. The summed E-state index contributed by atoms with van der Waals surface area (Å²) in [5.41, 5.74) is 8.95. The van der Waals surface area contributed by atoms with E-state index in [-0.39, 0.29) is 5.91 Å². The van der Waals surface area contributed by atoms with Crippen LogP contribution < -0.4 is 16.0 Å². The van der Waals surface area contributed by atoms with Gasteiger partial charge in [0.25, 0.3) is 5.91 Å². The Balaban J connectivity index is 2.19. The van der Waals surface area contributed by atoms with Gasteiger partial charge in [0.2, 0.25) is 0 Å². The van der Waals surface area contributed by atoms with Gasteiger partial charge < -0.3 is 16.0 Å². The van der Waals surface area contributed by atoms with E-state index in [9.17, 15) is 4.79 Å². The molecule has 0 saturated heterocycles. The van der Waals surface area contributed by atoms with Gasteiger partial charge in [-0.15, -0.1) is 0 Å². The minimum absolute atomic E-state index is 0.122. The summed E-state index contributed by atoms with van der Waals surface area (Å²) in [6, 6.07) is 15.0. The van der Waals surface area contributed by atoms with E-state index in [1.54, 1.807) is 12.1 Å². The molecule has 0 atom stereocenters. The van der Waals surface area contributed by atoms with Gasteiger partial charge in [0.15, 0.2) is 0 Å². The van der Waals surface area contributed by atoms with E-state index in [1.807, 2.05) is 55.4 Å². The van der Waals surface area contributed by atoms with Crippen molar-refractivity contribution < 1.29 is 4.79 Å². The predicted octanol–water partition coefficient (Wildman–Crippen LogP) is 2.46. The molecule has 0 aromatic heterocycles. The first-order valence-electron chi connectivity index (χ1n) is 6.48. The SMILES string of the molecule is CN(C)c1ccccc1NC(=O)c1ccc(CN)cc1. The van der Waals surface area contributed by atoms with Crippen LogP contribution in [0.25, 0.3) is 0 Å². The lowest BCUT2D eigenvalue weighted by atomic mass is 10.1. The third-order valence-electron chi connectivity index (χ3n) is 3.09. The standard InChI is InChI=1S/C16H19N3O/c1-19(2)15-6-4-3-5-14(15)18-16(20)13-9-7-12(11-17)8-10-13/h3-10H,11,17H2,1-2H3,(H,18,20). The Labute approximate surface area is 119 Å². The first kappa shape index (κ1) is 14.1. The van der Waals surface area contributed by atoms with Gasteiger partial charge in [-0.05, 0) is 29.8 Å². The van der Waals surface area contributed by atoms with Gasteiger partial charge in [-0.2, -0.15) is 0 Å². The van der Waals surface area contributed by atoms with E-state index >= 15 is 0 Å². The Kier molecular flexibility index (Phi) is 4.38. The maximum atomic E-state index is 12.2. The topological polar surface area (TPSA) is 58.4 Å². The molecule has 0 bridgehead atoms. The number of carbonyl (C=O) groups excluding carboxylic acids is 1. The van der Waals surface area contributed by atoms with E-state index in [4.69, 9.17) is 5.73 Å². The molecule has 20 heavy (non-hydrogen) atoms. The number of carbonyl (C=O) groups is 1. The van der Waals surface area contributed by atoms with Gasteiger partial charge in [-0.25, -0.2) is 0 Å². The summed E-state index contributed by atoms with van der Waals surface area (Å²) in [6.07, 6.45) is 0. The van der Waals surface area contributed by atoms with Crippen molar-refractivity contribution in [3.8, 4) is 0 Å². The number of amides is 1. The molecule has 104 valence electrons. The summed E-state index contributed by atoms with van der Waals surface area (Å²) in [5, 5.41) is 2.93. The Bertz CT molecular complexity index is 591. The van der Waals surface area contributed by atoms with Gasteiger partial charge in [0.05, 0.1) is 11.4 Å². The van der Waals surface area contributed by atoms with Crippen LogP contribution in [0.1, 0.15) is 15.9 Å². The summed E-state index contributed by atoms with van der Waals surface area (Å²) in [5.74, 6) is -0.122. The van der Waals surface area contributed by atoms with Crippen LogP contribution >= 0.6 is 0 Å². The van der Waals surface area contributed by atoms with Crippen LogP contribution in [-0.2, 0) is 6.54 Å². The highest BCUT2D eigenvalue weighted by Gasteiger charge is 2.09. The van der Waals surface area contributed by atoms with E-state index < -0.39 is 0 Å². The van der Waals surface area contributed by atoms with Gasteiger partial charge in [-0.1, -0.05) is 24.3 Å². The zero-order valence-electron chi connectivity index (χ0n) is 11.8. The molecule has 0 saturated carbocycles. The molecule has 0 radical (unpaired) electrons. The van der Waals surface area contributed by atoms with Gasteiger partial charge in [0.1, 0.15) is 0 Å². The van der Waals surface area contributed by atoms with Crippen molar-refractivity contribution in [3.05, 3.63) is 59.7 Å². The number of hydrogen-bond donors (Lipinski definition) is 2. The van der Waals surface area contributed by atoms with E-state index in [0.717, 1.165) is 16.9 Å². The number of rotatable bonds is 4. The normalized spacial score (nSPS) is 10.2. The van der Waals surface area contributed by atoms with Crippen molar-refractivity contribution in [1.29, 1.82) is 0 Å². The highest BCUT2D eigenvalue weighted by molar-refractivity contribution is 6.05. The van der Waals surface area contributed by atoms with Gasteiger partial charge in [0, 0.05) is 26.2 Å². The quantitative estimate of drug-likeness (QED) is 0.896. The molecule has 0 heterocycles. The molecule has 0 aliphatic heterocycles. The molecule has 2 aromatic rings. The highest BCUT2D eigenvalue weighted by atomic mass is 16.1. The van der Waals surface area contributed by atoms with Crippen molar-refractivity contribution >= 4 is 17.3 Å². The Hall–Kier alpha value is -2.33. The van der Waals surface area contributed by atoms with Crippen LogP contribution in [0.4, 0.5) is 11.4 Å². The summed E-state index contributed by atoms with van der Waals surface area (Å²) in [7, 11) is 3.89. The van der Waals surface area contributed by atoms with Gasteiger partial charge in [-0.3, -0.25) is 4.79 Å². The van der Waals surface area contributed by atoms with E-state index in [2.05, 4.69) is 5.32 Å². The molecule has 0 aliphatic rings. The fourth-order valence-electron chi connectivity index (χ4n) is 1.96. The molecule has 0 aliphatic carbocycles. The zero-order chi connectivity index (χ0) is 14.5. The molecule has 0 spiro atoms. The number of para-hydroxylation sites is 2. The third-order valence-corrected chi connectivity index (χ3v) is 3.09. The average molecular weight is 269 g/mol. The Morgan fingerprint density at radius 3 is 2.35 bits per heavy atom. The third kappa shape index (κ3) is 3.16. The van der Waals surface area contributed by atoms with Crippen molar-refractivity contribution in [2.24, 2.45) is 5.73 Å². The minimum atomic E-state index is -0.122. The number of nitrogens with two attached hydrogens (primary N) is 1. The molecular formula is C16H19N3O. The fourth-order valence-corrected chi connectivity index (χ4v) is 1.96. The molecule has 0 unspecified atom stereocenters. The monoisotopic (exact) mass is 269 g/mol. The lowest BCUT2D eigenvalue weighted by Gasteiger charge is -2.17. The summed E-state index contributed by atoms with van der Waals surface area (Å²) < 4.78 is 0. The van der Waals surface area contributed by atoms with E-state index in [0.29, 0.717) is 12.1 Å². The molecule has 1 amide bonds. The molecule has 4 nitrogen and oxygen atoms in total. The second kappa shape index (κ2) is 6.21. The number of anilines is 2.